The van der Waals surface area contributed by atoms with Crippen molar-refractivity contribution in [3.8, 4) is 0 Å². The Morgan fingerprint density at radius 3 is 2.78 bits per heavy atom. The zero-order chi connectivity index (χ0) is 7.11. The highest BCUT2D eigenvalue weighted by atomic mass is 127. The molecule has 4 heteroatoms. The maximum absolute atomic E-state index is 8.89. The summed E-state index contributed by atoms with van der Waals surface area (Å²) in [4.78, 5) is 0. The Balaban J connectivity index is 2.88. The van der Waals surface area contributed by atoms with Gasteiger partial charge < -0.3 is 16.2 Å². The van der Waals surface area contributed by atoms with E-state index in [-0.39, 0.29) is 6.10 Å². The van der Waals surface area contributed by atoms with Crippen LogP contribution in [0.25, 0.3) is 0 Å². The van der Waals surface area contributed by atoms with Crippen molar-refractivity contribution in [1.29, 1.82) is 0 Å². The van der Waals surface area contributed by atoms with Crippen molar-refractivity contribution in [3.63, 3.8) is 0 Å². The molecule has 0 aliphatic carbocycles. The molecular formula is C5H13IN2O. The molecule has 0 saturated heterocycles. The summed E-state index contributed by atoms with van der Waals surface area (Å²) >= 11 is 2.27. The first-order chi connectivity index (χ1) is 4.31. The van der Waals surface area contributed by atoms with Gasteiger partial charge in [-0.05, 0) is 0 Å². The first-order valence-corrected chi connectivity index (χ1v) is 4.48. The minimum Gasteiger partial charge on any atom is -0.390 e. The van der Waals surface area contributed by atoms with E-state index in [4.69, 9.17) is 10.8 Å². The van der Waals surface area contributed by atoms with Crippen LogP contribution < -0.4 is 11.1 Å². The van der Waals surface area contributed by atoms with Gasteiger partial charge in [-0.3, -0.25) is 0 Å². The van der Waals surface area contributed by atoms with Crippen LogP contribution in [0.15, 0.2) is 0 Å². The standard InChI is InChI=1S/C5H13IN2O/c6-1-2-8-4-5(9)3-7/h5,8-9H,1-4,7H2. The van der Waals surface area contributed by atoms with Crippen LogP contribution in [-0.4, -0.2) is 35.3 Å². The van der Waals surface area contributed by atoms with Crippen LogP contribution in [-0.2, 0) is 0 Å². The first kappa shape index (κ1) is 9.61. The third-order valence-corrected chi connectivity index (χ3v) is 1.46. The lowest BCUT2D eigenvalue weighted by Gasteiger charge is -2.06. The normalized spacial score (nSPS) is 13.7. The number of hydrogen-bond donors (Lipinski definition) is 3. The Morgan fingerprint density at radius 1 is 1.67 bits per heavy atom. The van der Waals surface area contributed by atoms with E-state index in [1.165, 1.54) is 0 Å². The summed E-state index contributed by atoms with van der Waals surface area (Å²) in [6.45, 7) is 1.89. The average molecular weight is 244 g/mol. The van der Waals surface area contributed by atoms with Gasteiger partial charge in [0.2, 0.25) is 0 Å². The number of aliphatic hydroxyl groups excluding tert-OH is 1. The topological polar surface area (TPSA) is 58.3 Å². The van der Waals surface area contributed by atoms with Crippen LogP contribution in [0.5, 0.6) is 0 Å². The van der Waals surface area contributed by atoms with E-state index in [2.05, 4.69) is 27.9 Å². The summed E-state index contributed by atoms with van der Waals surface area (Å²) in [5.74, 6) is 0. The molecule has 0 amide bonds. The number of rotatable bonds is 5. The number of halogens is 1. The van der Waals surface area contributed by atoms with Crippen LogP contribution >= 0.6 is 22.6 Å². The molecule has 0 aliphatic heterocycles. The first-order valence-electron chi connectivity index (χ1n) is 2.96. The number of hydrogen-bond acceptors (Lipinski definition) is 3. The van der Waals surface area contributed by atoms with Gasteiger partial charge in [0.25, 0.3) is 0 Å². The third-order valence-electron chi connectivity index (χ3n) is 0.923. The smallest absolute Gasteiger partial charge is 0.0786 e. The highest BCUT2D eigenvalue weighted by Crippen LogP contribution is 1.78. The largest absolute Gasteiger partial charge is 0.390 e. The summed E-state index contributed by atoms with van der Waals surface area (Å²) in [5.41, 5.74) is 5.16. The fourth-order valence-electron chi connectivity index (χ4n) is 0.419. The fraction of sp³-hybridized carbons (Fsp3) is 1.00. The van der Waals surface area contributed by atoms with Gasteiger partial charge in [0.05, 0.1) is 6.10 Å². The van der Waals surface area contributed by atoms with Gasteiger partial charge in [-0.15, -0.1) is 0 Å². The zero-order valence-corrected chi connectivity index (χ0v) is 7.47. The van der Waals surface area contributed by atoms with Gasteiger partial charge in [0.15, 0.2) is 0 Å². The lowest BCUT2D eigenvalue weighted by atomic mass is 10.3. The minimum absolute atomic E-state index is 0.342. The quantitative estimate of drug-likeness (QED) is 0.341. The van der Waals surface area contributed by atoms with E-state index in [1.807, 2.05) is 0 Å². The van der Waals surface area contributed by atoms with E-state index in [0.29, 0.717) is 13.1 Å². The molecule has 0 bridgehead atoms. The van der Waals surface area contributed by atoms with E-state index in [0.717, 1.165) is 11.0 Å². The SMILES string of the molecule is NCC(O)CNCCI. The molecule has 1 atom stereocenters. The number of alkyl halides is 1. The average Bonchev–Trinajstić information content (AvgIpc) is 1.89. The fourth-order valence-corrected chi connectivity index (χ4v) is 0.800. The molecule has 3 nitrogen and oxygen atoms in total. The van der Waals surface area contributed by atoms with Gasteiger partial charge in [0.1, 0.15) is 0 Å². The van der Waals surface area contributed by atoms with Gasteiger partial charge in [0, 0.05) is 24.1 Å². The number of nitrogens with two attached hydrogens (primary N) is 1. The van der Waals surface area contributed by atoms with Gasteiger partial charge in [-0.2, -0.15) is 0 Å². The predicted molar refractivity (Wildman–Crippen MR) is 46.8 cm³/mol. The molecule has 9 heavy (non-hydrogen) atoms. The molecular weight excluding hydrogens is 231 g/mol. The molecule has 0 aromatic heterocycles. The highest BCUT2D eigenvalue weighted by Gasteiger charge is 1.96. The van der Waals surface area contributed by atoms with Crippen molar-refractivity contribution in [3.05, 3.63) is 0 Å². The van der Waals surface area contributed by atoms with Crippen LogP contribution in [0.4, 0.5) is 0 Å². The van der Waals surface area contributed by atoms with Crippen molar-refractivity contribution >= 4 is 22.6 Å². The summed E-state index contributed by atoms with van der Waals surface area (Å²) in [5, 5.41) is 11.9. The molecule has 0 heterocycles. The molecule has 0 spiro atoms. The van der Waals surface area contributed by atoms with Crippen molar-refractivity contribution in [2.45, 2.75) is 6.10 Å². The molecule has 1 unspecified atom stereocenters. The molecule has 56 valence electrons. The molecule has 4 N–H and O–H groups in total. The summed E-state index contributed by atoms with van der Waals surface area (Å²) < 4.78 is 1.06. The third kappa shape index (κ3) is 6.50. The van der Waals surface area contributed by atoms with Gasteiger partial charge in [-0.25, -0.2) is 0 Å². The second-order valence-corrected chi connectivity index (χ2v) is 2.86. The molecule has 0 aliphatic rings. The molecule has 0 fully saturated rings. The lowest BCUT2D eigenvalue weighted by molar-refractivity contribution is 0.181. The number of aliphatic hydroxyl groups is 1. The van der Waals surface area contributed by atoms with Crippen molar-refractivity contribution < 1.29 is 5.11 Å². The Bertz CT molecular complexity index is 62.9. The monoisotopic (exact) mass is 244 g/mol. The van der Waals surface area contributed by atoms with Crippen molar-refractivity contribution in [1.82, 2.24) is 5.32 Å². The Labute approximate surface area is 69.1 Å². The van der Waals surface area contributed by atoms with Crippen LogP contribution in [0, 0.1) is 0 Å². The van der Waals surface area contributed by atoms with E-state index < -0.39 is 0 Å². The second kappa shape index (κ2) is 6.73. The molecule has 0 radical (unpaired) electrons. The van der Waals surface area contributed by atoms with Crippen LogP contribution in [0.2, 0.25) is 0 Å². The molecule has 0 saturated carbocycles. The minimum atomic E-state index is -0.382. The van der Waals surface area contributed by atoms with Crippen molar-refractivity contribution in [2.24, 2.45) is 5.73 Å². The maximum Gasteiger partial charge on any atom is 0.0786 e. The Hall–Kier alpha value is 0.610. The van der Waals surface area contributed by atoms with Crippen LogP contribution in [0.1, 0.15) is 0 Å². The van der Waals surface area contributed by atoms with Gasteiger partial charge >= 0.3 is 0 Å². The Morgan fingerprint density at radius 2 is 2.33 bits per heavy atom. The van der Waals surface area contributed by atoms with Gasteiger partial charge in [-0.1, -0.05) is 22.6 Å². The highest BCUT2D eigenvalue weighted by molar-refractivity contribution is 14.1. The molecule has 0 aromatic carbocycles. The molecule has 0 aromatic rings. The van der Waals surface area contributed by atoms with Crippen LogP contribution in [0.3, 0.4) is 0 Å². The predicted octanol–water partition coefficient (Wildman–Crippen LogP) is -0.669. The summed E-state index contributed by atoms with van der Waals surface area (Å²) in [7, 11) is 0. The van der Waals surface area contributed by atoms with E-state index in [9.17, 15) is 0 Å². The maximum atomic E-state index is 8.89. The summed E-state index contributed by atoms with van der Waals surface area (Å²) in [6, 6.07) is 0. The lowest BCUT2D eigenvalue weighted by Crippen LogP contribution is -2.33. The van der Waals surface area contributed by atoms with E-state index >= 15 is 0 Å². The second-order valence-electron chi connectivity index (χ2n) is 1.78. The van der Waals surface area contributed by atoms with Crippen molar-refractivity contribution in [2.75, 3.05) is 24.1 Å². The zero-order valence-electron chi connectivity index (χ0n) is 5.31. The number of nitrogens with one attached hydrogen (secondary N) is 1. The molecule has 0 rings (SSSR count). The van der Waals surface area contributed by atoms with E-state index in [1.54, 1.807) is 0 Å². The Kier molecular flexibility index (Phi) is 7.18. The summed E-state index contributed by atoms with van der Waals surface area (Å²) in [6.07, 6.45) is -0.382.